The minimum atomic E-state index is 0.613. The van der Waals surface area contributed by atoms with Crippen LogP contribution in [0.25, 0.3) is 0 Å². The largest absolute Gasteiger partial charge is 0.332 e. The summed E-state index contributed by atoms with van der Waals surface area (Å²) in [5.74, 6) is 0.817. The van der Waals surface area contributed by atoms with E-state index in [2.05, 4.69) is 61.6 Å². The van der Waals surface area contributed by atoms with Gasteiger partial charge >= 0.3 is 0 Å². The van der Waals surface area contributed by atoms with Crippen molar-refractivity contribution < 1.29 is 0 Å². The molecule has 4 rings (SSSR count). The first-order chi connectivity index (χ1) is 11.3. The van der Waals surface area contributed by atoms with Gasteiger partial charge in [-0.25, -0.2) is 4.98 Å². The number of anilines is 2. The molecule has 1 fully saturated rings. The van der Waals surface area contributed by atoms with E-state index in [0.717, 1.165) is 27.4 Å². The summed E-state index contributed by atoms with van der Waals surface area (Å²) in [5, 5.41) is 15.6. The van der Waals surface area contributed by atoms with E-state index in [4.69, 9.17) is 0 Å². The molecule has 1 N–H and O–H groups in total. The lowest BCUT2D eigenvalue weighted by atomic mass is 10.2. The van der Waals surface area contributed by atoms with Crippen LogP contribution in [0, 0.1) is 6.92 Å². The Balaban J connectivity index is 1.38. The Bertz CT molecular complexity index is 789. The fraction of sp³-hybridized carbons (Fsp3) is 0.312. The summed E-state index contributed by atoms with van der Waals surface area (Å²) in [6.45, 7) is 2.09. The smallest absolute Gasteiger partial charge is 0.191 e. The first-order valence-corrected chi connectivity index (χ1v) is 9.45. The minimum absolute atomic E-state index is 0.613. The number of aryl methyl sites for hydroxylation is 1. The number of nitrogens with one attached hydrogen (secondary N) is 1. The number of benzene rings is 1. The van der Waals surface area contributed by atoms with Crippen molar-refractivity contribution in [1.82, 2.24) is 19.7 Å². The fourth-order valence-electron chi connectivity index (χ4n) is 2.27. The first-order valence-electron chi connectivity index (χ1n) is 7.58. The zero-order valence-electron chi connectivity index (χ0n) is 12.8. The molecular weight excluding hydrogens is 326 g/mol. The molecule has 0 unspecified atom stereocenters. The fourth-order valence-corrected chi connectivity index (χ4v) is 3.98. The number of aromatic nitrogens is 4. The van der Waals surface area contributed by atoms with E-state index in [0.29, 0.717) is 6.04 Å². The number of thiazole rings is 1. The quantitative estimate of drug-likeness (QED) is 0.672. The Morgan fingerprint density at radius 3 is 2.91 bits per heavy atom. The molecule has 0 radical (unpaired) electrons. The maximum Gasteiger partial charge on any atom is 0.191 e. The normalized spacial score (nSPS) is 14.1. The zero-order valence-corrected chi connectivity index (χ0v) is 14.4. The monoisotopic (exact) mass is 343 g/mol. The lowest BCUT2D eigenvalue weighted by Crippen LogP contribution is -1.95. The molecule has 3 aromatic rings. The highest BCUT2D eigenvalue weighted by Gasteiger charge is 2.26. The van der Waals surface area contributed by atoms with Crippen molar-refractivity contribution in [1.29, 1.82) is 0 Å². The number of hydrogen-bond donors (Lipinski definition) is 1. The molecule has 0 spiro atoms. The molecule has 1 aromatic carbocycles. The second kappa shape index (κ2) is 6.33. The Kier molecular flexibility index (Phi) is 4.05. The van der Waals surface area contributed by atoms with Crippen LogP contribution in [0.3, 0.4) is 0 Å². The second-order valence-electron chi connectivity index (χ2n) is 5.68. The van der Waals surface area contributed by atoms with Crippen LogP contribution in [-0.2, 0) is 5.75 Å². The molecule has 1 aliphatic carbocycles. The van der Waals surface area contributed by atoms with Gasteiger partial charge in [-0.05, 0) is 31.9 Å². The number of thioether (sulfide) groups is 1. The van der Waals surface area contributed by atoms with E-state index in [1.54, 1.807) is 23.1 Å². The van der Waals surface area contributed by atoms with Crippen LogP contribution < -0.4 is 5.32 Å². The molecule has 7 heteroatoms. The van der Waals surface area contributed by atoms with Gasteiger partial charge in [0.1, 0.15) is 6.33 Å². The van der Waals surface area contributed by atoms with Gasteiger partial charge in [-0.1, -0.05) is 29.5 Å². The van der Waals surface area contributed by atoms with Crippen LogP contribution in [0.4, 0.5) is 10.8 Å². The van der Waals surface area contributed by atoms with Gasteiger partial charge in [-0.2, -0.15) is 0 Å². The van der Waals surface area contributed by atoms with Gasteiger partial charge in [-0.3, -0.25) is 0 Å². The molecule has 0 aliphatic heterocycles. The van der Waals surface area contributed by atoms with Gasteiger partial charge in [-0.15, -0.1) is 21.5 Å². The lowest BCUT2D eigenvalue weighted by Gasteiger charge is -2.03. The lowest BCUT2D eigenvalue weighted by molar-refractivity contribution is 0.663. The van der Waals surface area contributed by atoms with Gasteiger partial charge in [0.25, 0.3) is 0 Å². The molecule has 1 saturated carbocycles. The molecule has 0 amide bonds. The Morgan fingerprint density at radius 2 is 2.13 bits per heavy atom. The maximum absolute atomic E-state index is 4.65. The van der Waals surface area contributed by atoms with Gasteiger partial charge < -0.3 is 9.88 Å². The Hall–Kier alpha value is -1.86. The molecule has 0 bridgehead atoms. The van der Waals surface area contributed by atoms with E-state index in [1.807, 2.05) is 6.33 Å². The van der Waals surface area contributed by atoms with Crippen LogP contribution in [0.15, 0.2) is 41.1 Å². The number of nitrogens with zero attached hydrogens (tertiary/aromatic N) is 4. The molecule has 23 heavy (non-hydrogen) atoms. The number of hydrogen-bond acceptors (Lipinski definition) is 6. The molecule has 2 aromatic heterocycles. The predicted octanol–water partition coefficient (Wildman–Crippen LogP) is 4.41. The second-order valence-corrected chi connectivity index (χ2v) is 7.48. The molecule has 0 atom stereocenters. The molecule has 5 nitrogen and oxygen atoms in total. The van der Waals surface area contributed by atoms with E-state index in [1.165, 1.54) is 18.4 Å². The summed E-state index contributed by atoms with van der Waals surface area (Å²) >= 11 is 3.33. The number of rotatable bonds is 6. The molecule has 2 heterocycles. The van der Waals surface area contributed by atoms with E-state index in [9.17, 15) is 0 Å². The van der Waals surface area contributed by atoms with Crippen molar-refractivity contribution in [2.45, 2.75) is 36.7 Å². The summed E-state index contributed by atoms with van der Waals surface area (Å²) in [4.78, 5) is 4.65. The molecule has 118 valence electrons. The van der Waals surface area contributed by atoms with Gasteiger partial charge in [0.2, 0.25) is 0 Å². The third-order valence-corrected chi connectivity index (χ3v) is 5.48. The van der Waals surface area contributed by atoms with Crippen molar-refractivity contribution >= 4 is 33.9 Å². The minimum Gasteiger partial charge on any atom is -0.332 e. The topological polar surface area (TPSA) is 55.6 Å². The van der Waals surface area contributed by atoms with Gasteiger partial charge in [0.15, 0.2) is 10.3 Å². The summed E-state index contributed by atoms with van der Waals surface area (Å²) in [6, 6.07) is 8.95. The summed E-state index contributed by atoms with van der Waals surface area (Å²) in [7, 11) is 0. The van der Waals surface area contributed by atoms with Crippen LogP contribution in [-0.4, -0.2) is 19.7 Å². The van der Waals surface area contributed by atoms with Gasteiger partial charge in [0, 0.05) is 22.9 Å². The van der Waals surface area contributed by atoms with Crippen LogP contribution in [0.2, 0.25) is 0 Å². The van der Waals surface area contributed by atoms with E-state index >= 15 is 0 Å². The summed E-state index contributed by atoms with van der Waals surface area (Å²) < 4.78 is 2.18. The first kappa shape index (κ1) is 14.7. The molecule has 1 aliphatic rings. The van der Waals surface area contributed by atoms with Crippen LogP contribution in [0.1, 0.15) is 30.1 Å². The van der Waals surface area contributed by atoms with Crippen molar-refractivity contribution in [3.63, 3.8) is 0 Å². The third kappa shape index (κ3) is 3.56. The van der Waals surface area contributed by atoms with E-state index < -0.39 is 0 Å². The average Bonchev–Trinajstić information content (AvgIpc) is 3.12. The summed E-state index contributed by atoms with van der Waals surface area (Å²) in [5.41, 5.74) is 3.39. The van der Waals surface area contributed by atoms with Crippen molar-refractivity contribution in [2.75, 3.05) is 5.32 Å². The SMILES string of the molecule is Cc1ccc(Nc2nc(CSc3nncn3C3CC3)cs2)cc1. The van der Waals surface area contributed by atoms with E-state index in [-0.39, 0.29) is 0 Å². The van der Waals surface area contributed by atoms with Crippen molar-refractivity contribution in [3.05, 3.63) is 47.2 Å². The highest BCUT2D eigenvalue weighted by molar-refractivity contribution is 7.98. The molecule has 0 saturated heterocycles. The Labute approximate surface area is 143 Å². The average molecular weight is 343 g/mol. The van der Waals surface area contributed by atoms with Crippen molar-refractivity contribution in [3.8, 4) is 0 Å². The Morgan fingerprint density at radius 1 is 1.30 bits per heavy atom. The zero-order chi connectivity index (χ0) is 15.6. The van der Waals surface area contributed by atoms with Crippen LogP contribution >= 0.6 is 23.1 Å². The summed E-state index contributed by atoms with van der Waals surface area (Å²) in [6.07, 6.45) is 4.32. The van der Waals surface area contributed by atoms with Crippen LogP contribution in [0.5, 0.6) is 0 Å². The third-order valence-electron chi connectivity index (χ3n) is 3.68. The predicted molar refractivity (Wildman–Crippen MR) is 94.4 cm³/mol. The molecular formula is C16H17N5S2. The van der Waals surface area contributed by atoms with Gasteiger partial charge in [0.05, 0.1) is 5.69 Å². The van der Waals surface area contributed by atoms with Crippen molar-refractivity contribution in [2.24, 2.45) is 0 Å². The highest BCUT2D eigenvalue weighted by atomic mass is 32.2. The standard InChI is InChI=1S/C16H17N5S2/c1-11-2-4-12(5-3-11)18-15-19-13(8-22-15)9-23-16-20-17-10-21(16)14-6-7-14/h2-5,8,10,14H,6-7,9H2,1H3,(H,18,19). The highest BCUT2D eigenvalue weighted by Crippen LogP contribution is 2.37. The maximum atomic E-state index is 4.65.